The van der Waals surface area contributed by atoms with E-state index in [0.717, 1.165) is 0 Å². The maximum absolute atomic E-state index is 11.0. The fourth-order valence-electron chi connectivity index (χ4n) is 1.51. The van der Waals surface area contributed by atoms with Gasteiger partial charge in [-0.15, -0.1) is 0 Å². The van der Waals surface area contributed by atoms with Gasteiger partial charge in [0.2, 0.25) is 0 Å². The summed E-state index contributed by atoms with van der Waals surface area (Å²) in [6.45, 7) is 3.90. The number of ether oxygens (including phenoxy) is 2. The maximum Gasteiger partial charge on any atom is 0.342 e. The van der Waals surface area contributed by atoms with Crippen LogP contribution in [0.15, 0.2) is 18.2 Å². The van der Waals surface area contributed by atoms with E-state index in [1.54, 1.807) is 7.11 Å². The zero-order valence-electron chi connectivity index (χ0n) is 11.6. The molecule has 1 rings (SSSR count). The van der Waals surface area contributed by atoms with Gasteiger partial charge in [0.25, 0.3) is 0 Å². The summed E-state index contributed by atoms with van der Waals surface area (Å²) >= 11 is 0. The molecule has 1 aromatic carbocycles. The first-order valence-corrected chi connectivity index (χ1v) is 5.97. The summed E-state index contributed by atoms with van der Waals surface area (Å²) in [7, 11) is 1.56. The Kier molecular flexibility index (Phi) is 5.04. The predicted octanol–water partition coefficient (Wildman–Crippen LogP) is 2.49. The van der Waals surface area contributed by atoms with Crippen LogP contribution in [-0.2, 0) is 4.74 Å². The molecule has 0 amide bonds. The molecular formula is C13H17NO6. The quantitative estimate of drug-likeness (QED) is 0.609. The number of carboxylic acid groups (broad SMARTS) is 1. The van der Waals surface area contributed by atoms with Crippen molar-refractivity contribution in [1.82, 2.24) is 0 Å². The van der Waals surface area contributed by atoms with Crippen molar-refractivity contribution in [3.63, 3.8) is 0 Å². The minimum absolute atomic E-state index is 0.0539. The molecule has 0 saturated heterocycles. The fourth-order valence-corrected chi connectivity index (χ4v) is 1.51. The molecule has 1 aromatic rings. The van der Waals surface area contributed by atoms with Gasteiger partial charge in [0.15, 0.2) is 5.75 Å². The molecule has 0 aliphatic rings. The number of rotatable bonds is 7. The summed E-state index contributed by atoms with van der Waals surface area (Å²) in [5.74, 6) is -1.42. The van der Waals surface area contributed by atoms with Crippen LogP contribution in [0, 0.1) is 10.1 Å². The highest BCUT2D eigenvalue weighted by Crippen LogP contribution is 2.31. The summed E-state index contributed by atoms with van der Waals surface area (Å²) in [6.07, 6.45) is 0.512. The number of aromatic carboxylic acids is 1. The number of benzene rings is 1. The number of nitro groups is 1. The van der Waals surface area contributed by atoms with Crippen molar-refractivity contribution >= 4 is 11.7 Å². The number of carbonyl (C=O) groups is 1. The summed E-state index contributed by atoms with van der Waals surface area (Å²) in [4.78, 5) is 21.2. The number of nitrogens with zero attached hydrogens (tertiary/aromatic N) is 1. The van der Waals surface area contributed by atoms with E-state index in [9.17, 15) is 14.9 Å². The van der Waals surface area contributed by atoms with Crippen molar-refractivity contribution in [3.8, 4) is 5.75 Å². The number of para-hydroxylation sites is 1. The number of hydrogen-bond acceptors (Lipinski definition) is 5. The molecule has 0 fully saturated rings. The Morgan fingerprint density at radius 2 is 2.10 bits per heavy atom. The Morgan fingerprint density at radius 3 is 2.60 bits per heavy atom. The first-order chi connectivity index (χ1) is 9.28. The summed E-state index contributed by atoms with van der Waals surface area (Å²) in [6, 6.07) is 3.96. The van der Waals surface area contributed by atoms with Crippen LogP contribution < -0.4 is 4.74 Å². The Morgan fingerprint density at radius 1 is 1.45 bits per heavy atom. The van der Waals surface area contributed by atoms with Gasteiger partial charge in [-0.05, 0) is 26.0 Å². The van der Waals surface area contributed by atoms with Crippen LogP contribution in [0.3, 0.4) is 0 Å². The van der Waals surface area contributed by atoms with Crippen molar-refractivity contribution in [3.05, 3.63) is 33.9 Å². The third kappa shape index (κ3) is 3.92. The van der Waals surface area contributed by atoms with Crippen LogP contribution >= 0.6 is 0 Å². The Bertz CT molecular complexity index is 512. The van der Waals surface area contributed by atoms with Gasteiger partial charge >= 0.3 is 11.7 Å². The summed E-state index contributed by atoms with van der Waals surface area (Å²) in [5.41, 5.74) is -1.34. The lowest BCUT2D eigenvalue weighted by atomic mass is 10.1. The Hall–Kier alpha value is -2.15. The van der Waals surface area contributed by atoms with E-state index in [4.69, 9.17) is 14.6 Å². The van der Waals surface area contributed by atoms with Crippen LogP contribution in [0.2, 0.25) is 0 Å². The molecule has 0 aromatic heterocycles. The van der Waals surface area contributed by atoms with Crippen molar-refractivity contribution in [2.24, 2.45) is 0 Å². The number of nitro benzene ring substituents is 1. The highest BCUT2D eigenvalue weighted by molar-refractivity contribution is 5.93. The molecule has 0 aliphatic heterocycles. The Labute approximate surface area is 116 Å². The van der Waals surface area contributed by atoms with E-state index in [-0.39, 0.29) is 12.4 Å². The summed E-state index contributed by atoms with van der Waals surface area (Å²) < 4.78 is 10.5. The van der Waals surface area contributed by atoms with E-state index < -0.39 is 27.7 Å². The molecule has 0 spiro atoms. The molecular weight excluding hydrogens is 266 g/mol. The zero-order chi connectivity index (χ0) is 15.3. The lowest BCUT2D eigenvalue weighted by Crippen LogP contribution is -2.25. The SMILES string of the molecule is COC(C)(C)CCOc1cccc(C(=O)O)c1[N+](=O)[O-]. The smallest absolute Gasteiger partial charge is 0.342 e. The average Bonchev–Trinajstić information content (AvgIpc) is 2.37. The normalized spacial score (nSPS) is 11.2. The van der Waals surface area contributed by atoms with E-state index >= 15 is 0 Å². The highest BCUT2D eigenvalue weighted by atomic mass is 16.6. The van der Waals surface area contributed by atoms with Gasteiger partial charge in [0.1, 0.15) is 5.56 Å². The average molecular weight is 283 g/mol. The third-order valence-electron chi connectivity index (χ3n) is 2.93. The third-order valence-corrected chi connectivity index (χ3v) is 2.93. The first kappa shape index (κ1) is 15.9. The van der Waals surface area contributed by atoms with Gasteiger partial charge in [-0.2, -0.15) is 0 Å². The Balaban J connectivity index is 2.93. The van der Waals surface area contributed by atoms with Gasteiger partial charge in [-0.1, -0.05) is 6.07 Å². The van der Waals surface area contributed by atoms with E-state index in [1.165, 1.54) is 18.2 Å². The van der Waals surface area contributed by atoms with Crippen molar-refractivity contribution in [2.45, 2.75) is 25.9 Å². The molecule has 0 aliphatic carbocycles. The van der Waals surface area contributed by atoms with E-state index in [2.05, 4.69) is 0 Å². The standard InChI is InChI=1S/C13H17NO6/c1-13(2,19-3)7-8-20-10-6-4-5-9(12(15)16)11(10)14(17)18/h4-6H,7-8H2,1-3H3,(H,15,16). The van der Waals surface area contributed by atoms with Crippen molar-refractivity contribution in [1.29, 1.82) is 0 Å². The second-order valence-electron chi connectivity index (χ2n) is 4.78. The molecule has 0 unspecified atom stereocenters. The molecule has 7 nitrogen and oxygen atoms in total. The van der Waals surface area contributed by atoms with E-state index in [0.29, 0.717) is 6.42 Å². The van der Waals surface area contributed by atoms with Gasteiger partial charge in [0, 0.05) is 13.5 Å². The van der Waals surface area contributed by atoms with Gasteiger partial charge in [-0.3, -0.25) is 10.1 Å². The lowest BCUT2D eigenvalue weighted by molar-refractivity contribution is -0.386. The second-order valence-corrected chi connectivity index (χ2v) is 4.78. The van der Waals surface area contributed by atoms with Crippen LogP contribution in [0.1, 0.15) is 30.6 Å². The lowest BCUT2D eigenvalue weighted by Gasteiger charge is -2.22. The zero-order valence-corrected chi connectivity index (χ0v) is 11.6. The van der Waals surface area contributed by atoms with Crippen LogP contribution in [-0.4, -0.2) is 35.3 Å². The predicted molar refractivity (Wildman–Crippen MR) is 71.3 cm³/mol. The molecule has 110 valence electrons. The molecule has 0 atom stereocenters. The minimum atomic E-state index is -1.36. The van der Waals surface area contributed by atoms with Crippen LogP contribution in [0.5, 0.6) is 5.75 Å². The van der Waals surface area contributed by atoms with Crippen LogP contribution in [0.4, 0.5) is 5.69 Å². The maximum atomic E-state index is 11.0. The minimum Gasteiger partial charge on any atom is -0.487 e. The molecule has 20 heavy (non-hydrogen) atoms. The topological polar surface area (TPSA) is 98.9 Å². The molecule has 1 N–H and O–H groups in total. The highest BCUT2D eigenvalue weighted by Gasteiger charge is 2.26. The first-order valence-electron chi connectivity index (χ1n) is 5.97. The molecule has 7 heteroatoms. The number of methoxy groups -OCH3 is 1. The second kappa shape index (κ2) is 6.33. The monoisotopic (exact) mass is 283 g/mol. The van der Waals surface area contributed by atoms with E-state index in [1.807, 2.05) is 13.8 Å². The largest absolute Gasteiger partial charge is 0.487 e. The molecule has 0 radical (unpaired) electrons. The molecule has 0 heterocycles. The fraction of sp³-hybridized carbons (Fsp3) is 0.462. The van der Waals surface area contributed by atoms with Gasteiger partial charge < -0.3 is 14.6 Å². The van der Waals surface area contributed by atoms with Crippen molar-refractivity contribution < 1.29 is 24.3 Å². The molecule has 0 saturated carbocycles. The molecule has 0 bridgehead atoms. The van der Waals surface area contributed by atoms with Crippen LogP contribution in [0.25, 0.3) is 0 Å². The van der Waals surface area contributed by atoms with Gasteiger partial charge in [0.05, 0.1) is 17.1 Å². The number of hydrogen-bond donors (Lipinski definition) is 1. The van der Waals surface area contributed by atoms with Gasteiger partial charge in [-0.25, -0.2) is 4.79 Å². The number of carboxylic acids is 1. The van der Waals surface area contributed by atoms with Crippen molar-refractivity contribution in [2.75, 3.05) is 13.7 Å². The summed E-state index contributed by atoms with van der Waals surface area (Å²) in [5, 5.41) is 20.0.